The van der Waals surface area contributed by atoms with E-state index in [0.29, 0.717) is 17.0 Å². The number of halogens is 2. The predicted octanol–water partition coefficient (Wildman–Crippen LogP) is 5.86. The Bertz CT molecular complexity index is 1110. The molecule has 4 nitrogen and oxygen atoms in total. The first kappa shape index (κ1) is 18.4. The smallest absolute Gasteiger partial charge is 0.251 e. The van der Waals surface area contributed by atoms with Crippen molar-refractivity contribution in [3.05, 3.63) is 99.0 Å². The number of carbonyl (C=O) groups excluding carboxylic acids is 1. The third kappa shape index (κ3) is 3.34. The minimum Gasteiger partial charge on any atom is -0.461 e. The molecule has 3 aromatic rings. The number of hydrogen-bond donors (Lipinski definition) is 0. The molecule has 0 aromatic heterocycles. The van der Waals surface area contributed by atoms with E-state index in [1.807, 2.05) is 60.7 Å². The van der Waals surface area contributed by atoms with Crippen LogP contribution in [-0.2, 0) is 0 Å². The van der Waals surface area contributed by atoms with Crippen LogP contribution in [0.15, 0.2) is 82.4 Å². The lowest BCUT2D eigenvalue weighted by atomic mass is 9.96. The summed E-state index contributed by atoms with van der Waals surface area (Å²) < 4.78 is 7.05. The van der Waals surface area contributed by atoms with Crippen molar-refractivity contribution in [2.75, 3.05) is 0 Å². The number of rotatable bonds is 3. The summed E-state index contributed by atoms with van der Waals surface area (Å²) in [5, 5.41) is 7.29. The first-order valence-electron chi connectivity index (χ1n) is 9.27. The molecule has 2 atom stereocenters. The van der Waals surface area contributed by atoms with Crippen LogP contribution in [0.4, 0.5) is 0 Å². The zero-order chi connectivity index (χ0) is 20.0. The van der Waals surface area contributed by atoms with Crippen LogP contribution in [0.5, 0.6) is 5.75 Å². The second kappa shape index (κ2) is 7.32. The maximum Gasteiger partial charge on any atom is 0.251 e. The Morgan fingerprint density at radius 3 is 2.52 bits per heavy atom. The predicted molar refractivity (Wildman–Crippen MR) is 117 cm³/mol. The van der Waals surface area contributed by atoms with Crippen molar-refractivity contribution in [2.24, 2.45) is 5.10 Å². The van der Waals surface area contributed by atoms with E-state index in [-0.39, 0.29) is 11.8 Å². The molecule has 2 aliphatic heterocycles. The number of benzene rings is 3. The largest absolute Gasteiger partial charge is 0.461 e. The van der Waals surface area contributed by atoms with Crippen molar-refractivity contribution in [1.29, 1.82) is 0 Å². The Hall–Kier alpha value is -2.63. The normalized spacial score (nSPS) is 19.8. The molecule has 2 aliphatic rings. The fourth-order valence-corrected chi connectivity index (χ4v) is 4.17. The SMILES string of the molecule is O=C(c1ccc(Br)cc1)[C@H]1Oc2ccccc2[C@H]2CC(c3ccc(Cl)cc3)=NN12. The summed E-state index contributed by atoms with van der Waals surface area (Å²) in [7, 11) is 0. The molecule has 0 saturated heterocycles. The number of fused-ring (bicyclic) bond motifs is 3. The molecular weight excluding hydrogens is 452 g/mol. The van der Waals surface area contributed by atoms with Crippen LogP contribution in [0.25, 0.3) is 0 Å². The molecule has 0 radical (unpaired) electrons. The van der Waals surface area contributed by atoms with Gasteiger partial charge in [0.05, 0.1) is 11.8 Å². The molecular formula is C23H16BrClN2O2. The van der Waals surface area contributed by atoms with Gasteiger partial charge < -0.3 is 4.74 Å². The first-order chi connectivity index (χ1) is 14.1. The molecule has 0 aliphatic carbocycles. The van der Waals surface area contributed by atoms with Gasteiger partial charge >= 0.3 is 0 Å². The Morgan fingerprint density at radius 1 is 1.03 bits per heavy atom. The minimum absolute atomic E-state index is 0.0463. The maximum atomic E-state index is 13.3. The lowest BCUT2D eigenvalue weighted by Crippen LogP contribution is -2.45. The molecule has 0 bridgehead atoms. The van der Waals surface area contributed by atoms with Crippen LogP contribution in [-0.4, -0.2) is 22.7 Å². The lowest BCUT2D eigenvalue weighted by Gasteiger charge is -2.37. The number of carbonyl (C=O) groups is 1. The highest BCUT2D eigenvalue weighted by Gasteiger charge is 2.43. The number of hydrazone groups is 1. The van der Waals surface area contributed by atoms with Gasteiger partial charge in [0, 0.05) is 27.0 Å². The zero-order valence-electron chi connectivity index (χ0n) is 15.3. The fourth-order valence-electron chi connectivity index (χ4n) is 3.78. The summed E-state index contributed by atoms with van der Waals surface area (Å²) in [5.41, 5.74) is 3.54. The second-order valence-corrected chi connectivity index (χ2v) is 8.38. The van der Waals surface area contributed by atoms with Gasteiger partial charge in [-0.15, -0.1) is 0 Å². The first-order valence-corrected chi connectivity index (χ1v) is 10.4. The average molecular weight is 468 g/mol. The van der Waals surface area contributed by atoms with Gasteiger partial charge in [0.25, 0.3) is 6.23 Å². The van der Waals surface area contributed by atoms with Crippen molar-refractivity contribution in [2.45, 2.75) is 18.7 Å². The zero-order valence-corrected chi connectivity index (χ0v) is 17.6. The van der Waals surface area contributed by atoms with Gasteiger partial charge in [0.15, 0.2) is 0 Å². The summed E-state index contributed by atoms with van der Waals surface area (Å²) in [6.07, 6.45) is -0.104. The number of ketones is 1. The summed E-state index contributed by atoms with van der Waals surface area (Å²) in [6, 6.07) is 22.7. The molecule has 2 heterocycles. The molecule has 5 rings (SSSR count). The van der Waals surface area contributed by atoms with E-state index < -0.39 is 6.23 Å². The Morgan fingerprint density at radius 2 is 1.76 bits per heavy atom. The highest BCUT2D eigenvalue weighted by Crippen LogP contribution is 2.43. The topological polar surface area (TPSA) is 41.9 Å². The van der Waals surface area contributed by atoms with Gasteiger partial charge in [-0.1, -0.05) is 70.0 Å². The quantitative estimate of drug-likeness (QED) is 0.453. The van der Waals surface area contributed by atoms with Crippen molar-refractivity contribution >= 4 is 39.0 Å². The Balaban J connectivity index is 1.55. The monoisotopic (exact) mass is 466 g/mol. The maximum absolute atomic E-state index is 13.3. The number of hydrogen-bond acceptors (Lipinski definition) is 4. The molecule has 0 saturated carbocycles. The standard InChI is InChI=1S/C23H16BrClN2O2/c24-16-9-5-15(6-10-16)22(28)23-27-20(18-3-1-2-4-21(18)29-23)13-19(26-27)14-7-11-17(25)12-8-14/h1-12,20,23H,13H2/t20-,23-/m1/s1. The number of ether oxygens (including phenoxy) is 1. The minimum atomic E-state index is -0.805. The van der Waals surface area contributed by atoms with Crippen LogP contribution in [0, 0.1) is 0 Å². The Labute approximate surface area is 181 Å². The number of nitrogens with zero attached hydrogens (tertiary/aromatic N) is 2. The van der Waals surface area contributed by atoms with Gasteiger partial charge in [0.2, 0.25) is 5.78 Å². The van der Waals surface area contributed by atoms with Crippen LogP contribution in [0.3, 0.4) is 0 Å². The average Bonchev–Trinajstić information content (AvgIpc) is 3.19. The molecule has 0 unspecified atom stereocenters. The number of Topliss-reactive ketones (excluding diaryl/α,β-unsaturated/α-hetero) is 1. The van der Waals surface area contributed by atoms with Gasteiger partial charge in [0.1, 0.15) is 5.75 Å². The molecule has 6 heteroatoms. The van der Waals surface area contributed by atoms with E-state index in [9.17, 15) is 4.79 Å². The Kier molecular flexibility index (Phi) is 4.64. The molecule has 29 heavy (non-hydrogen) atoms. The lowest BCUT2D eigenvalue weighted by molar-refractivity contribution is -0.00455. The summed E-state index contributed by atoms with van der Waals surface area (Å²) >= 11 is 9.44. The van der Waals surface area contributed by atoms with Crippen LogP contribution in [0.2, 0.25) is 5.02 Å². The fraction of sp³-hybridized carbons (Fsp3) is 0.130. The summed E-state index contributed by atoms with van der Waals surface area (Å²) in [6.45, 7) is 0. The van der Waals surface area contributed by atoms with E-state index in [4.69, 9.17) is 21.4 Å². The second-order valence-electron chi connectivity index (χ2n) is 7.03. The third-order valence-electron chi connectivity index (χ3n) is 5.23. The molecule has 144 valence electrons. The summed E-state index contributed by atoms with van der Waals surface area (Å²) in [5.74, 6) is 0.620. The van der Waals surface area contributed by atoms with E-state index in [1.165, 1.54) is 0 Å². The van der Waals surface area contributed by atoms with Gasteiger partial charge in [-0.25, -0.2) is 5.01 Å². The van der Waals surface area contributed by atoms with Crippen molar-refractivity contribution in [1.82, 2.24) is 5.01 Å². The summed E-state index contributed by atoms with van der Waals surface area (Å²) in [4.78, 5) is 13.3. The van der Waals surface area contributed by atoms with Crippen LogP contribution in [0.1, 0.15) is 33.9 Å². The molecule has 0 fully saturated rings. The van der Waals surface area contributed by atoms with E-state index in [2.05, 4.69) is 15.9 Å². The van der Waals surface area contributed by atoms with Gasteiger partial charge in [-0.05, 0) is 35.9 Å². The van der Waals surface area contributed by atoms with Crippen molar-refractivity contribution in [3.63, 3.8) is 0 Å². The number of para-hydroxylation sites is 1. The molecule has 0 amide bonds. The van der Waals surface area contributed by atoms with Crippen molar-refractivity contribution in [3.8, 4) is 5.75 Å². The highest BCUT2D eigenvalue weighted by molar-refractivity contribution is 9.10. The van der Waals surface area contributed by atoms with E-state index in [1.54, 1.807) is 17.1 Å². The molecule has 0 spiro atoms. The van der Waals surface area contributed by atoms with E-state index in [0.717, 1.165) is 27.1 Å². The highest BCUT2D eigenvalue weighted by atomic mass is 79.9. The van der Waals surface area contributed by atoms with Crippen LogP contribution < -0.4 is 4.74 Å². The van der Waals surface area contributed by atoms with Crippen molar-refractivity contribution < 1.29 is 9.53 Å². The molecule has 3 aromatic carbocycles. The molecule has 0 N–H and O–H groups in total. The van der Waals surface area contributed by atoms with Gasteiger partial charge in [-0.2, -0.15) is 5.10 Å². The van der Waals surface area contributed by atoms with Gasteiger partial charge in [-0.3, -0.25) is 4.79 Å². The third-order valence-corrected chi connectivity index (χ3v) is 6.01. The van der Waals surface area contributed by atoms with Crippen LogP contribution >= 0.6 is 27.5 Å². The van der Waals surface area contributed by atoms with E-state index >= 15 is 0 Å².